The predicted octanol–water partition coefficient (Wildman–Crippen LogP) is 4.83. The third-order valence-electron chi connectivity index (χ3n) is 3.83. The number of hydrogen-bond acceptors (Lipinski definition) is 3. The van der Waals surface area contributed by atoms with E-state index in [2.05, 4.69) is 11.1 Å². The zero-order valence-corrected chi connectivity index (χ0v) is 12.0. The highest BCUT2D eigenvalue weighted by molar-refractivity contribution is 6.14. The molecule has 0 saturated heterocycles. The minimum atomic E-state index is 0.622. The number of fused-ring (bicyclic) bond motifs is 3. The van der Waals surface area contributed by atoms with Crippen LogP contribution < -0.4 is 0 Å². The van der Waals surface area contributed by atoms with Crippen LogP contribution in [0.15, 0.2) is 59.1 Å². The lowest BCUT2D eigenvalue weighted by atomic mass is 10.00. The highest BCUT2D eigenvalue weighted by Gasteiger charge is 2.15. The molecule has 0 unspecified atom stereocenters. The van der Waals surface area contributed by atoms with E-state index in [1.54, 1.807) is 6.20 Å². The highest BCUT2D eigenvalue weighted by Crippen LogP contribution is 2.37. The maximum absolute atomic E-state index is 9.41. The normalized spacial score (nSPS) is 10.9. The number of nitriles is 1. The molecule has 0 atom stereocenters. The molecule has 22 heavy (non-hydrogen) atoms. The molecule has 4 aromatic rings. The van der Waals surface area contributed by atoms with Crippen molar-refractivity contribution in [1.29, 1.82) is 5.26 Å². The number of pyridine rings is 1. The number of aryl methyl sites for hydroxylation is 1. The van der Waals surface area contributed by atoms with Crippen LogP contribution in [-0.4, -0.2) is 4.98 Å². The summed E-state index contributed by atoms with van der Waals surface area (Å²) in [5, 5.41) is 11.2. The smallest absolute Gasteiger partial charge is 0.136 e. The van der Waals surface area contributed by atoms with E-state index in [4.69, 9.17) is 4.42 Å². The van der Waals surface area contributed by atoms with Crippen molar-refractivity contribution in [3.8, 4) is 17.3 Å². The van der Waals surface area contributed by atoms with E-state index in [0.717, 1.165) is 38.8 Å². The first-order valence-corrected chi connectivity index (χ1v) is 7.05. The van der Waals surface area contributed by atoms with Gasteiger partial charge in [-0.1, -0.05) is 18.2 Å². The number of rotatable bonds is 1. The van der Waals surface area contributed by atoms with Gasteiger partial charge in [-0.15, -0.1) is 0 Å². The number of hydrogen-bond donors (Lipinski definition) is 0. The Balaban J connectivity index is 2.19. The van der Waals surface area contributed by atoms with Gasteiger partial charge in [0.1, 0.15) is 11.2 Å². The molecule has 3 nitrogen and oxygen atoms in total. The molecule has 0 N–H and O–H groups in total. The monoisotopic (exact) mass is 284 g/mol. The number of furan rings is 1. The first kappa shape index (κ1) is 12.6. The summed E-state index contributed by atoms with van der Waals surface area (Å²) in [6.45, 7) is 2.04. The van der Waals surface area contributed by atoms with E-state index in [9.17, 15) is 5.26 Å². The number of nitrogens with zero attached hydrogens (tertiary/aromatic N) is 2. The maximum Gasteiger partial charge on any atom is 0.136 e. The lowest BCUT2D eigenvalue weighted by Crippen LogP contribution is -1.86. The molecule has 2 heterocycles. The summed E-state index contributed by atoms with van der Waals surface area (Å²) >= 11 is 0. The van der Waals surface area contributed by atoms with Crippen LogP contribution in [0, 0.1) is 18.3 Å². The van der Waals surface area contributed by atoms with Gasteiger partial charge < -0.3 is 4.42 Å². The molecule has 2 aromatic heterocycles. The van der Waals surface area contributed by atoms with Crippen molar-refractivity contribution in [3.05, 3.63) is 65.9 Å². The second kappa shape index (κ2) is 4.71. The zero-order chi connectivity index (χ0) is 15.1. The van der Waals surface area contributed by atoms with Crippen molar-refractivity contribution < 1.29 is 4.42 Å². The van der Waals surface area contributed by atoms with Crippen LogP contribution in [0.1, 0.15) is 11.1 Å². The number of benzene rings is 2. The molecule has 0 bridgehead atoms. The van der Waals surface area contributed by atoms with Crippen molar-refractivity contribution in [2.24, 2.45) is 0 Å². The van der Waals surface area contributed by atoms with Crippen molar-refractivity contribution in [2.75, 3.05) is 0 Å². The lowest BCUT2D eigenvalue weighted by Gasteiger charge is -2.04. The SMILES string of the molecule is Cc1ccnc(-c2cccc3oc4cccc(C#N)c4c23)c1. The van der Waals surface area contributed by atoms with Gasteiger partial charge in [0.05, 0.1) is 17.3 Å². The first-order chi connectivity index (χ1) is 10.8. The average Bonchev–Trinajstić information content (AvgIpc) is 2.93. The third-order valence-corrected chi connectivity index (χ3v) is 3.83. The summed E-state index contributed by atoms with van der Waals surface area (Å²) in [6.07, 6.45) is 1.80. The Hall–Kier alpha value is -3.12. The zero-order valence-electron chi connectivity index (χ0n) is 12.0. The van der Waals surface area contributed by atoms with E-state index in [1.807, 2.05) is 55.5 Å². The molecular formula is C19H12N2O. The second-order valence-electron chi connectivity index (χ2n) is 5.29. The molecule has 0 radical (unpaired) electrons. The first-order valence-electron chi connectivity index (χ1n) is 7.05. The molecule has 0 aliphatic rings. The van der Waals surface area contributed by atoms with Crippen molar-refractivity contribution in [1.82, 2.24) is 4.98 Å². The van der Waals surface area contributed by atoms with Gasteiger partial charge in [-0.25, -0.2) is 0 Å². The van der Waals surface area contributed by atoms with Gasteiger partial charge in [0.2, 0.25) is 0 Å². The molecule has 0 saturated carbocycles. The van der Waals surface area contributed by atoms with Gasteiger partial charge in [-0.3, -0.25) is 4.98 Å². The van der Waals surface area contributed by atoms with Crippen LogP contribution in [0.5, 0.6) is 0 Å². The Morgan fingerprint density at radius 3 is 2.55 bits per heavy atom. The Morgan fingerprint density at radius 1 is 1.00 bits per heavy atom. The van der Waals surface area contributed by atoms with Gasteiger partial charge in [-0.05, 0) is 42.8 Å². The fourth-order valence-corrected chi connectivity index (χ4v) is 2.86. The second-order valence-corrected chi connectivity index (χ2v) is 5.29. The predicted molar refractivity (Wildman–Crippen MR) is 86.4 cm³/mol. The molecule has 4 rings (SSSR count). The fourth-order valence-electron chi connectivity index (χ4n) is 2.86. The van der Waals surface area contributed by atoms with E-state index < -0.39 is 0 Å². The van der Waals surface area contributed by atoms with E-state index in [1.165, 1.54) is 0 Å². The molecule has 0 fully saturated rings. The van der Waals surface area contributed by atoms with Crippen LogP contribution >= 0.6 is 0 Å². The molecule has 0 aliphatic heterocycles. The Morgan fingerprint density at radius 2 is 1.77 bits per heavy atom. The van der Waals surface area contributed by atoms with Crippen LogP contribution in [0.3, 0.4) is 0 Å². The van der Waals surface area contributed by atoms with Gasteiger partial charge in [0.15, 0.2) is 0 Å². The molecule has 104 valence electrons. The van der Waals surface area contributed by atoms with Gasteiger partial charge in [0.25, 0.3) is 0 Å². The van der Waals surface area contributed by atoms with E-state index in [-0.39, 0.29) is 0 Å². The largest absolute Gasteiger partial charge is 0.456 e. The average molecular weight is 284 g/mol. The molecule has 3 heteroatoms. The topological polar surface area (TPSA) is 49.8 Å². The summed E-state index contributed by atoms with van der Waals surface area (Å²) in [4.78, 5) is 4.48. The van der Waals surface area contributed by atoms with Crippen LogP contribution in [0.25, 0.3) is 33.2 Å². The van der Waals surface area contributed by atoms with Gasteiger partial charge in [-0.2, -0.15) is 5.26 Å². The standard InChI is InChI=1S/C19H12N2O/c1-12-8-9-21-15(10-12)14-5-3-7-17-19(14)18-13(11-20)4-2-6-16(18)22-17/h2-10H,1H3. The highest BCUT2D eigenvalue weighted by atomic mass is 16.3. The van der Waals surface area contributed by atoms with Crippen LogP contribution in [0.4, 0.5) is 0 Å². The molecular weight excluding hydrogens is 272 g/mol. The molecule has 0 aliphatic carbocycles. The Labute approximate surface area is 127 Å². The molecule has 0 amide bonds. The van der Waals surface area contributed by atoms with E-state index >= 15 is 0 Å². The summed E-state index contributed by atoms with van der Waals surface area (Å²) in [5.41, 5.74) is 5.16. The maximum atomic E-state index is 9.41. The van der Waals surface area contributed by atoms with Crippen molar-refractivity contribution >= 4 is 21.9 Å². The summed E-state index contributed by atoms with van der Waals surface area (Å²) < 4.78 is 5.91. The van der Waals surface area contributed by atoms with Gasteiger partial charge in [0, 0.05) is 22.5 Å². The van der Waals surface area contributed by atoms with Crippen LogP contribution in [-0.2, 0) is 0 Å². The Bertz CT molecular complexity index is 1050. The fraction of sp³-hybridized carbons (Fsp3) is 0.0526. The molecule has 2 aromatic carbocycles. The Kier molecular flexibility index (Phi) is 2.70. The third kappa shape index (κ3) is 1.78. The lowest BCUT2D eigenvalue weighted by molar-refractivity contribution is 0.669. The van der Waals surface area contributed by atoms with Crippen LogP contribution in [0.2, 0.25) is 0 Å². The summed E-state index contributed by atoms with van der Waals surface area (Å²) in [6, 6.07) is 17.7. The summed E-state index contributed by atoms with van der Waals surface area (Å²) in [7, 11) is 0. The minimum absolute atomic E-state index is 0.622. The van der Waals surface area contributed by atoms with Gasteiger partial charge >= 0.3 is 0 Å². The summed E-state index contributed by atoms with van der Waals surface area (Å²) in [5.74, 6) is 0. The number of aromatic nitrogens is 1. The quantitative estimate of drug-likeness (QED) is 0.503. The minimum Gasteiger partial charge on any atom is -0.456 e. The van der Waals surface area contributed by atoms with Crippen molar-refractivity contribution in [3.63, 3.8) is 0 Å². The van der Waals surface area contributed by atoms with E-state index in [0.29, 0.717) is 5.56 Å². The van der Waals surface area contributed by atoms with Crippen molar-refractivity contribution in [2.45, 2.75) is 6.92 Å². The molecule has 0 spiro atoms.